The molecule has 5 nitrogen and oxygen atoms in total. The van der Waals surface area contributed by atoms with Crippen molar-refractivity contribution >= 4 is 34.7 Å². The van der Waals surface area contributed by atoms with Gasteiger partial charge in [0, 0.05) is 28.5 Å². The molecule has 3 N–H and O–H groups in total. The highest BCUT2D eigenvalue weighted by Gasteiger charge is 2.04. The maximum atomic E-state index is 11.7. The van der Waals surface area contributed by atoms with Crippen molar-refractivity contribution in [1.82, 2.24) is 21.4 Å². The zero-order valence-electron chi connectivity index (χ0n) is 10.3. The van der Waals surface area contributed by atoms with E-state index in [0.29, 0.717) is 15.6 Å². The molecule has 0 saturated heterocycles. The van der Waals surface area contributed by atoms with Gasteiger partial charge in [-0.15, -0.1) is 5.53 Å². The summed E-state index contributed by atoms with van der Waals surface area (Å²) in [4.78, 5) is 16.0. The Bertz CT molecular complexity index is 604. The first-order valence-electron chi connectivity index (χ1n) is 5.68. The van der Waals surface area contributed by atoms with E-state index in [-0.39, 0.29) is 5.91 Å². The van der Waals surface area contributed by atoms with Crippen LogP contribution in [0.4, 0.5) is 0 Å². The summed E-state index contributed by atoms with van der Waals surface area (Å²) in [6, 6.07) is 10.2. The summed E-state index contributed by atoms with van der Waals surface area (Å²) in [6.45, 7) is 0. The number of carbonyl (C=O) groups is 1. The molecule has 0 radical (unpaired) electrons. The highest BCUT2D eigenvalue weighted by molar-refractivity contribution is 7.80. The summed E-state index contributed by atoms with van der Waals surface area (Å²) in [5.41, 5.74) is 9.01. The highest BCUT2D eigenvalue weighted by atomic mass is 35.5. The number of rotatable bonds is 4. The third kappa shape index (κ3) is 3.99. The van der Waals surface area contributed by atoms with E-state index in [9.17, 15) is 4.79 Å². The maximum absolute atomic E-state index is 11.7. The number of halogens is 1. The molecule has 0 unspecified atom stereocenters. The Morgan fingerprint density at radius 1 is 1.00 bits per heavy atom. The first-order valence-corrected chi connectivity index (χ1v) is 6.47. The van der Waals surface area contributed by atoms with E-state index in [0.717, 1.165) is 5.56 Å². The van der Waals surface area contributed by atoms with E-state index < -0.39 is 0 Å². The molecular formula is C13H11ClN4OS. The van der Waals surface area contributed by atoms with Crippen molar-refractivity contribution in [2.45, 2.75) is 0 Å². The summed E-state index contributed by atoms with van der Waals surface area (Å²) < 4.78 is 0. The summed E-state index contributed by atoms with van der Waals surface area (Å²) in [5, 5.41) is 0.635. The smallest absolute Gasteiger partial charge is 0.266 e. The summed E-state index contributed by atoms with van der Waals surface area (Å²) in [5.74, 6) is -0.293. The van der Waals surface area contributed by atoms with Gasteiger partial charge in [0.2, 0.25) is 0 Å². The fourth-order valence-corrected chi connectivity index (χ4v) is 1.71. The molecule has 0 fully saturated rings. The quantitative estimate of drug-likeness (QED) is 0.594. The van der Waals surface area contributed by atoms with Gasteiger partial charge in [0.25, 0.3) is 5.91 Å². The number of hydrazine groups is 2. The van der Waals surface area contributed by atoms with Gasteiger partial charge >= 0.3 is 0 Å². The van der Waals surface area contributed by atoms with Gasteiger partial charge in [0.05, 0.1) is 0 Å². The van der Waals surface area contributed by atoms with Crippen molar-refractivity contribution in [3.8, 4) is 0 Å². The number of carbonyl (C=O) groups excluding carboxylic acids is 1. The van der Waals surface area contributed by atoms with Crippen LogP contribution < -0.4 is 16.4 Å². The lowest BCUT2D eigenvalue weighted by atomic mass is 10.2. The second-order valence-corrected chi connectivity index (χ2v) is 4.62. The van der Waals surface area contributed by atoms with Gasteiger partial charge in [-0.1, -0.05) is 36.0 Å². The van der Waals surface area contributed by atoms with Crippen LogP contribution in [0, 0.1) is 0 Å². The van der Waals surface area contributed by atoms with Crippen LogP contribution in [0.5, 0.6) is 0 Å². The van der Waals surface area contributed by atoms with Crippen molar-refractivity contribution in [2.24, 2.45) is 0 Å². The summed E-state index contributed by atoms with van der Waals surface area (Å²) in [7, 11) is 0. The fraction of sp³-hybridized carbons (Fsp3) is 0. The average molecular weight is 307 g/mol. The van der Waals surface area contributed by atoms with Crippen LogP contribution in [0.3, 0.4) is 0 Å². The van der Waals surface area contributed by atoms with Crippen molar-refractivity contribution in [3.05, 3.63) is 64.9 Å². The molecule has 1 amide bonds. The number of thiocarbonyl (C=S) groups is 1. The van der Waals surface area contributed by atoms with Crippen LogP contribution in [-0.4, -0.2) is 15.9 Å². The van der Waals surface area contributed by atoms with Crippen LogP contribution in [-0.2, 0) is 0 Å². The van der Waals surface area contributed by atoms with Gasteiger partial charge in [0.1, 0.15) is 4.99 Å². The molecule has 1 aromatic heterocycles. The van der Waals surface area contributed by atoms with Gasteiger partial charge in [-0.05, 0) is 24.3 Å². The molecule has 102 valence electrons. The predicted molar refractivity (Wildman–Crippen MR) is 81.1 cm³/mol. The first kappa shape index (κ1) is 14.4. The number of nitrogens with zero attached hydrogens (tertiary/aromatic N) is 1. The highest BCUT2D eigenvalue weighted by Crippen LogP contribution is 2.09. The first-order chi connectivity index (χ1) is 9.66. The van der Waals surface area contributed by atoms with E-state index in [4.69, 9.17) is 23.8 Å². The molecule has 1 heterocycles. The molecule has 0 aliphatic carbocycles. The standard InChI is InChI=1S/C13H11ClN4OS/c14-11-3-1-10(2-4-11)13(20)17-18-16-12(19)9-5-7-15-8-6-9/h1-8,18H,(H,16,19)(H,17,20). The molecule has 7 heteroatoms. The monoisotopic (exact) mass is 306 g/mol. The Morgan fingerprint density at radius 2 is 1.65 bits per heavy atom. The molecule has 0 spiro atoms. The number of nitrogens with one attached hydrogen (secondary N) is 3. The molecule has 1 aromatic carbocycles. The van der Waals surface area contributed by atoms with Crippen LogP contribution in [0.2, 0.25) is 5.02 Å². The molecule has 0 aliphatic rings. The van der Waals surface area contributed by atoms with Crippen molar-refractivity contribution in [3.63, 3.8) is 0 Å². The number of hydrogen-bond donors (Lipinski definition) is 3. The lowest BCUT2D eigenvalue weighted by Gasteiger charge is -2.10. The van der Waals surface area contributed by atoms with E-state index in [1.165, 1.54) is 0 Å². The molecule has 0 atom stereocenters. The van der Waals surface area contributed by atoms with E-state index >= 15 is 0 Å². The molecular weight excluding hydrogens is 296 g/mol. The number of hydrogen-bond acceptors (Lipinski definition) is 4. The van der Waals surface area contributed by atoms with Gasteiger partial charge in [-0.25, -0.2) is 0 Å². The van der Waals surface area contributed by atoms with E-state index in [1.807, 2.05) is 0 Å². The van der Waals surface area contributed by atoms with Gasteiger partial charge < -0.3 is 0 Å². The lowest BCUT2D eigenvalue weighted by Crippen LogP contribution is -2.48. The molecule has 2 aromatic rings. The SMILES string of the molecule is O=C(NNNC(=S)c1ccc(Cl)cc1)c1ccncc1. The van der Waals surface area contributed by atoms with E-state index in [2.05, 4.69) is 21.4 Å². The second kappa shape index (κ2) is 6.95. The van der Waals surface area contributed by atoms with Crippen LogP contribution >= 0.6 is 23.8 Å². The average Bonchev–Trinajstić information content (AvgIpc) is 2.48. The topological polar surface area (TPSA) is 66.1 Å². The van der Waals surface area contributed by atoms with Crippen molar-refractivity contribution < 1.29 is 4.79 Å². The largest absolute Gasteiger partial charge is 0.294 e. The Balaban J connectivity index is 1.83. The van der Waals surface area contributed by atoms with Gasteiger partial charge in [-0.2, -0.15) is 0 Å². The molecule has 2 rings (SSSR count). The van der Waals surface area contributed by atoms with Crippen molar-refractivity contribution in [2.75, 3.05) is 0 Å². The van der Waals surface area contributed by atoms with Crippen LogP contribution in [0.25, 0.3) is 0 Å². The third-order valence-corrected chi connectivity index (χ3v) is 2.99. The Hall–Kier alpha value is -2.02. The Kier molecular flexibility index (Phi) is 5.00. The van der Waals surface area contributed by atoms with Gasteiger partial charge in [-0.3, -0.25) is 20.6 Å². The van der Waals surface area contributed by atoms with Crippen LogP contribution in [0.1, 0.15) is 15.9 Å². The zero-order chi connectivity index (χ0) is 14.4. The third-order valence-electron chi connectivity index (χ3n) is 2.40. The minimum absolute atomic E-state index is 0.293. The normalized spacial score (nSPS) is 9.85. The summed E-state index contributed by atoms with van der Waals surface area (Å²) >= 11 is 10.9. The van der Waals surface area contributed by atoms with Crippen molar-refractivity contribution in [1.29, 1.82) is 0 Å². The van der Waals surface area contributed by atoms with E-state index in [1.54, 1.807) is 48.8 Å². The van der Waals surface area contributed by atoms with Crippen LogP contribution in [0.15, 0.2) is 48.8 Å². The second-order valence-electron chi connectivity index (χ2n) is 3.78. The number of aromatic nitrogens is 1. The minimum Gasteiger partial charge on any atom is -0.294 e. The number of benzene rings is 1. The lowest BCUT2D eigenvalue weighted by molar-refractivity contribution is 0.0929. The molecule has 0 aliphatic heterocycles. The zero-order valence-corrected chi connectivity index (χ0v) is 11.8. The maximum Gasteiger partial charge on any atom is 0.266 e. The number of amides is 1. The molecule has 0 bridgehead atoms. The Labute approximate surface area is 126 Å². The molecule has 20 heavy (non-hydrogen) atoms. The van der Waals surface area contributed by atoms with Gasteiger partial charge in [0.15, 0.2) is 0 Å². The number of pyridine rings is 1. The molecule has 0 saturated carbocycles. The predicted octanol–water partition coefficient (Wildman–Crippen LogP) is 1.85. The Morgan fingerprint density at radius 3 is 2.30 bits per heavy atom. The minimum atomic E-state index is -0.293. The summed E-state index contributed by atoms with van der Waals surface area (Å²) in [6.07, 6.45) is 3.08. The fourth-order valence-electron chi connectivity index (χ4n) is 1.39.